The number of hydrogen-bond acceptors (Lipinski definition) is 7. The molecule has 1 aliphatic carbocycles. The van der Waals surface area contributed by atoms with Crippen LogP contribution in [0.5, 0.6) is 0 Å². The summed E-state index contributed by atoms with van der Waals surface area (Å²) in [6.45, 7) is -0.539. The van der Waals surface area contributed by atoms with Crippen molar-refractivity contribution in [2.75, 3.05) is 13.7 Å². The molecule has 2 aliphatic rings. The fraction of sp³-hybridized carbons (Fsp3) is 0.304. The second-order valence-electron chi connectivity index (χ2n) is 7.91. The van der Waals surface area contributed by atoms with Crippen molar-refractivity contribution >= 4 is 0 Å². The predicted molar refractivity (Wildman–Crippen MR) is 113 cm³/mol. The Labute approximate surface area is 182 Å². The number of aromatic nitrogens is 2. The largest absolute Gasteiger partial charge is 0.394 e. The molecule has 2 aromatic carbocycles. The summed E-state index contributed by atoms with van der Waals surface area (Å²) >= 11 is 0. The number of H-pyrrole nitrogens is 1. The maximum atomic E-state index is 13.1. The van der Waals surface area contributed by atoms with Gasteiger partial charge in [0.25, 0.3) is 5.56 Å². The van der Waals surface area contributed by atoms with Crippen molar-refractivity contribution in [2.24, 2.45) is 0 Å². The zero-order valence-electron chi connectivity index (χ0n) is 17.1. The highest BCUT2D eigenvalue weighted by atomic mass is 16.6. The van der Waals surface area contributed by atoms with Crippen LogP contribution in [0.1, 0.15) is 22.9 Å². The lowest BCUT2D eigenvalue weighted by molar-refractivity contribution is -0.0556. The quantitative estimate of drug-likeness (QED) is 0.453. The van der Waals surface area contributed by atoms with E-state index in [1.165, 1.54) is 13.3 Å². The summed E-state index contributed by atoms with van der Waals surface area (Å²) in [5.41, 5.74) is 0.612. The summed E-state index contributed by atoms with van der Waals surface area (Å²) in [4.78, 5) is 28.0. The van der Waals surface area contributed by atoms with Gasteiger partial charge in [-0.3, -0.25) is 14.3 Å². The number of aliphatic hydroxyl groups is 3. The minimum Gasteiger partial charge on any atom is -0.394 e. The van der Waals surface area contributed by atoms with Gasteiger partial charge in [-0.25, -0.2) is 4.79 Å². The molecule has 1 saturated heterocycles. The molecule has 0 radical (unpaired) electrons. The second-order valence-corrected chi connectivity index (χ2v) is 7.91. The van der Waals surface area contributed by atoms with E-state index in [1.807, 2.05) is 48.5 Å². The number of methoxy groups -OCH3 is 1. The number of nitrogens with zero attached hydrogens (tertiary/aromatic N) is 1. The zero-order chi connectivity index (χ0) is 22.6. The lowest BCUT2D eigenvalue weighted by Crippen LogP contribution is -2.43. The Kier molecular flexibility index (Phi) is 4.88. The number of nitrogens with one attached hydrogen (secondary N) is 1. The van der Waals surface area contributed by atoms with Gasteiger partial charge in [0.2, 0.25) is 0 Å². The number of aliphatic hydroxyl groups excluding tert-OH is 3. The van der Waals surface area contributed by atoms with Gasteiger partial charge >= 0.3 is 5.69 Å². The van der Waals surface area contributed by atoms with Crippen LogP contribution in [0.4, 0.5) is 0 Å². The van der Waals surface area contributed by atoms with Gasteiger partial charge in [0.05, 0.1) is 12.2 Å². The first kappa shape index (κ1) is 20.8. The summed E-state index contributed by atoms with van der Waals surface area (Å²) in [5, 5.41) is 30.0. The molecule has 3 aromatic rings. The van der Waals surface area contributed by atoms with Crippen molar-refractivity contribution in [3.05, 3.63) is 92.3 Å². The molecule has 32 heavy (non-hydrogen) atoms. The van der Waals surface area contributed by atoms with Gasteiger partial charge in [-0.05, 0) is 11.1 Å². The molecule has 0 bridgehead atoms. The van der Waals surface area contributed by atoms with Gasteiger partial charge in [0, 0.05) is 24.4 Å². The third kappa shape index (κ3) is 2.70. The van der Waals surface area contributed by atoms with E-state index in [0.29, 0.717) is 0 Å². The Morgan fingerprint density at radius 2 is 1.59 bits per heavy atom. The van der Waals surface area contributed by atoms with Crippen LogP contribution in [-0.4, -0.2) is 56.9 Å². The smallest absolute Gasteiger partial charge is 0.330 e. The molecule has 4 N–H and O–H groups in total. The summed E-state index contributed by atoms with van der Waals surface area (Å²) in [7, 11) is 1.49. The Bertz CT molecular complexity index is 1250. The third-order valence-corrected chi connectivity index (χ3v) is 6.35. The van der Waals surface area contributed by atoms with Crippen molar-refractivity contribution in [1.82, 2.24) is 9.55 Å². The number of rotatable bonds is 4. The van der Waals surface area contributed by atoms with E-state index >= 15 is 0 Å². The molecule has 9 nitrogen and oxygen atoms in total. The monoisotopic (exact) mass is 438 g/mol. The van der Waals surface area contributed by atoms with Crippen molar-refractivity contribution in [3.8, 4) is 11.1 Å². The van der Waals surface area contributed by atoms with Crippen LogP contribution in [0.25, 0.3) is 11.1 Å². The van der Waals surface area contributed by atoms with Gasteiger partial charge in [-0.1, -0.05) is 48.5 Å². The van der Waals surface area contributed by atoms with Crippen LogP contribution >= 0.6 is 0 Å². The molecule has 0 amide bonds. The van der Waals surface area contributed by atoms with E-state index in [1.54, 1.807) is 0 Å². The van der Waals surface area contributed by atoms with Crippen molar-refractivity contribution in [1.29, 1.82) is 0 Å². The number of fused-ring (bicyclic) bond motifs is 3. The van der Waals surface area contributed by atoms with Crippen molar-refractivity contribution in [3.63, 3.8) is 0 Å². The molecule has 0 saturated carbocycles. The topological polar surface area (TPSA) is 134 Å². The zero-order valence-corrected chi connectivity index (χ0v) is 17.1. The average Bonchev–Trinajstić information content (AvgIpc) is 3.26. The number of ether oxygens (including phenoxy) is 2. The SMILES string of the molecule is COC1(c2cn([C@H]3O[C@@H](CO)C(O)C3O)c(=O)[nH]c2=O)c2ccccc2-c2ccccc21. The number of benzene rings is 2. The molecule has 2 unspecified atom stereocenters. The van der Waals surface area contributed by atoms with E-state index < -0.39 is 48.0 Å². The van der Waals surface area contributed by atoms with Crippen LogP contribution in [0.3, 0.4) is 0 Å². The molecule has 0 spiro atoms. The molecule has 1 aliphatic heterocycles. The maximum Gasteiger partial charge on any atom is 0.330 e. The standard InChI is InChI=1S/C23H22N2O7/c1-31-23(14-8-4-2-6-12(14)13-7-3-5-9-15(13)23)16-10-25(22(30)24-20(16)29)21-19(28)18(27)17(11-26)32-21/h2-10,17-19,21,26-28H,11H2,1H3,(H,24,29,30)/t17-,18?,19?,21-/m0/s1. The highest BCUT2D eigenvalue weighted by Gasteiger charge is 2.48. The molecule has 1 fully saturated rings. The van der Waals surface area contributed by atoms with Gasteiger partial charge in [-0.15, -0.1) is 0 Å². The van der Waals surface area contributed by atoms with E-state index in [-0.39, 0.29) is 5.56 Å². The fourth-order valence-corrected chi connectivity index (χ4v) is 4.85. The first-order chi connectivity index (χ1) is 15.4. The first-order valence-corrected chi connectivity index (χ1v) is 10.2. The number of hydrogen-bond donors (Lipinski definition) is 4. The average molecular weight is 438 g/mol. The van der Waals surface area contributed by atoms with E-state index in [2.05, 4.69) is 4.98 Å². The van der Waals surface area contributed by atoms with Gasteiger partial charge in [0.1, 0.15) is 18.3 Å². The molecular weight excluding hydrogens is 416 g/mol. The first-order valence-electron chi connectivity index (χ1n) is 10.2. The van der Waals surface area contributed by atoms with Crippen LogP contribution in [0, 0.1) is 0 Å². The summed E-state index contributed by atoms with van der Waals surface area (Å²) in [6.07, 6.45) is -3.95. The third-order valence-electron chi connectivity index (χ3n) is 6.35. The molecule has 166 valence electrons. The highest BCUT2D eigenvalue weighted by Crippen LogP contribution is 2.51. The van der Waals surface area contributed by atoms with Crippen LogP contribution in [0.2, 0.25) is 0 Å². The molecule has 2 heterocycles. The lowest BCUT2D eigenvalue weighted by atomic mass is 9.85. The maximum absolute atomic E-state index is 13.1. The highest BCUT2D eigenvalue weighted by molar-refractivity contribution is 5.82. The van der Waals surface area contributed by atoms with Gasteiger partial charge in [-0.2, -0.15) is 0 Å². The van der Waals surface area contributed by atoms with Crippen molar-refractivity contribution in [2.45, 2.75) is 30.1 Å². The van der Waals surface area contributed by atoms with E-state index in [0.717, 1.165) is 26.8 Å². The van der Waals surface area contributed by atoms with E-state index in [4.69, 9.17) is 9.47 Å². The molecule has 4 atom stereocenters. The van der Waals surface area contributed by atoms with E-state index in [9.17, 15) is 24.9 Å². The minimum atomic E-state index is -1.48. The van der Waals surface area contributed by atoms with Gasteiger partial charge in [0.15, 0.2) is 11.8 Å². The Morgan fingerprint density at radius 3 is 2.12 bits per heavy atom. The second kappa shape index (κ2) is 7.51. The minimum absolute atomic E-state index is 0.120. The van der Waals surface area contributed by atoms with Gasteiger partial charge < -0.3 is 24.8 Å². The Morgan fingerprint density at radius 1 is 1.00 bits per heavy atom. The van der Waals surface area contributed by atoms with Crippen LogP contribution in [-0.2, 0) is 15.1 Å². The molecule has 1 aromatic heterocycles. The Hall–Kier alpha value is -3.08. The molecule has 9 heteroatoms. The fourth-order valence-electron chi connectivity index (χ4n) is 4.85. The van der Waals surface area contributed by atoms with Crippen LogP contribution in [0.15, 0.2) is 64.3 Å². The predicted octanol–water partition coefficient (Wildman–Crippen LogP) is 0.0668. The van der Waals surface area contributed by atoms with Crippen LogP contribution < -0.4 is 11.2 Å². The lowest BCUT2D eigenvalue weighted by Gasteiger charge is -2.31. The Balaban J connectivity index is 1.76. The summed E-state index contributed by atoms with van der Waals surface area (Å²) in [6, 6.07) is 15.1. The molecule has 5 rings (SSSR count). The van der Waals surface area contributed by atoms with Crippen molar-refractivity contribution < 1.29 is 24.8 Å². The summed E-state index contributed by atoms with van der Waals surface area (Å²) < 4.78 is 12.6. The summed E-state index contributed by atoms with van der Waals surface area (Å²) in [5.74, 6) is 0. The normalized spacial score (nSPS) is 25.5. The number of aromatic amines is 1. The molecular formula is C23H22N2O7.